The van der Waals surface area contributed by atoms with Crippen molar-refractivity contribution in [1.29, 1.82) is 0 Å². The molecule has 0 fully saturated rings. The average molecular weight is 451 g/mol. The number of rotatable bonds is 8. The van der Waals surface area contributed by atoms with Gasteiger partial charge in [0, 0.05) is 11.5 Å². The van der Waals surface area contributed by atoms with E-state index in [0.717, 1.165) is 42.2 Å². The highest BCUT2D eigenvalue weighted by atomic mass is 19.2. The van der Waals surface area contributed by atoms with Gasteiger partial charge >= 0.3 is 0 Å². The maximum absolute atomic E-state index is 15.9. The summed E-state index contributed by atoms with van der Waals surface area (Å²) < 4.78 is 57.8. The van der Waals surface area contributed by atoms with Gasteiger partial charge in [-0.1, -0.05) is 80.8 Å². The minimum Gasteiger partial charge on any atom is -0.242 e. The zero-order valence-electron chi connectivity index (χ0n) is 18.5. The fourth-order valence-electron chi connectivity index (χ4n) is 4.37. The zero-order chi connectivity index (χ0) is 23.4. The number of benzene rings is 4. The minimum absolute atomic E-state index is 0.158. The molecule has 0 heterocycles. The second-order valence-corrected chi connectivity index (χ2v) is 8.48. The largest absolute Gasteiger partial charge is 0.242 e. The summed E-state index contributed by atoms with van der Waals surface area (Å²) in [5.41, 5.74) is 1.54. The van der Waals surface area contributed by atoms with Crippen LogP contribution in [-0.2, 0) is 0 Å². The van der Waals surface area contributed by atoms with Gasteiger partial charge in [-0.2, -0.15) is 0 Å². The van der Waals surface area contributed by atoms with E-state index in [-0.39, 0.29) is 11.1 Å². The van der Waals surface area contributed by atoms with Gasteiger partial charge in [0.1, 0.15) is 12.0 Å². The average Bonchev–Trinajstić information content (AvgIpc) is 2.83. The molecule has 0 aliphatic rings. The first kappa shape index (κ1) is 23.0. The highest BCUT2D eigenvalue weighted by Crippen LogP contribution is 2.40. The molecular formula is C29H26F4. The molecule has 4 aromatic rings. The van der Waals surface area contributed by atoms with Crippen LogP contribution in [0, 0.1) is 17.5 Å². The molecule has 4 rings (SSSR count). The quantitative estimate of drug-likeness (QED) is 0.185. The van der Waals surface area contributed by atoms with Crippen LogP contribution in [0.15, 0.2) is 78.9 Å². The minimum atomic E-state index is -1.29. The van der Waals surface area contributed by atoms with Crippen molar-refractivity contribution in [3.05, 3.63) is 107 Å². The first-order valence-corrected chi connectivity index (χ1v) is 11.4. The van der Waals surface area contributed by atoms with Crippen molar-refractivity contribution >= 4 is 10.8 Å². The maximum atomic E-state index is 15.9. The van der Waals surface area contributed by atoms with Crippen LogP contribution in [0.1, 0.15) is 55.8 Å². The summed E-state index contributed by atoms with van der Waals surface area (Å²) in [7, 11) is 0. The van der Waals surface area contributed by atoms with Crippen LogP contribution in [0.25, 0.3) is 21.9 Å². The number of fused-ring (bicyclic) bond motifs is 1. The predicted molar refractivity (Wildman–Crippen MR) is 126 cm³/mol. The van der Waals surface area contributed by atoms with Crippen molar-refractivity contribution in [2.24, 2.45) is 0 Å². The van der Waals surface area contributed by atoms with Gasteiger partial charge in [0.2, 0.25) is 0 Å². The molecule has 0 amide bonds. The Morgan fingerprint density at radius 1 is 0.667 bits per heavy atom. The van der Waals surface area contributed by atoms with Crippen LogP contribution < -0.4 is 0 Å². The Hall–Kier alpha value is -3.14. The molecule has 2 unspecified atom stereocenters. The summed E-state index contributed by atoms with van der Waals surface area (Å²) in [6.07, 6.45) is 2.10. The highest BCUT2D eigenvalue weighted by molar-refractivity contribution is 5.83. The van der Waals surface area contributed by atoms with Gasteiger partial charge in [-0.15, -0.1) is 0 Å². The molecule has 2 atom stereocenters. The van der Waals surface area contributed by atoms with Crippen LogP contribution >= 0.6 is 0 Å². The molecule has 0 aromatic heterocycles. The second-order valence-electron chi connectivity index (χ2n) is 8.48. The van der Waals surface area contributed by atoms with Crippen LogP contribution in [0.5, 0.6) is 0 Å². The van der Waals surface area contributed by atoms with Crippen molar-refractivity contribution < 1.29 is 17.6 Å². The van der Waals surface area contributed by atoms with Gasteiger partial charge in [-0.25, -0.2) is 17.6 Å². The summed E-state index contributed by atoms with van der Waals surface area (Å²) in [6.45, 7) is 2.08. The van der Waals surface area contributed by atoms with E-state index in [4.69, 9.17) is 0 Å². The van der Waals surface area contributed by atoms with Crippen LogP contribution in [-0.4, -0.2) is 0 Å². The molecule has 0 bridgehead atoms. The van der Waals surface area contributed by atoms with Crippen molar-refractivity contribution in [3.63, 3.8) is 0 Å². The van der Waals surface area contributed by atoms with E-state index in [9.17, 15) is 8.78 Å². The topological polar surface area (TPSA) is 0 Å². The molecule has 4 aromatic carbocycles. The van der Waals surface area contributed by atoms with E-state index in [1.807, 2.05) is 36.4 Å². The number of unbranched alkanes of at least 4 members (excludes halogenated alkanes) is 2. The summed E-state index contributed by atoms with van der Waals surface area (Å²) >= 11 is 0. The molecule has 0 N–H and O–H groups in total. The van der Waals surface area contributed by atoms with E-state index in [0.29, 0.717) is 17.5 Å². The van der Waals surface area contributed by atoms with Gasteiger partial charge < -0.3 is 0 Å². The fourth-order valence-corrected chi connectivity index (χ4v) is 4.37. The zero-order valence-corrected chi connectivity index (χ0v) is 18.5. The Morgan fingerprint density at radius 2 is 1.42 bits per heavy atom. The Labute approximate surface area is 191 Å². The molecule has 0 spiro atoms. The highest BCUT2D eigenvalue weighted by Gasteiger charge is 2.25. The normalized spacial score (nSPS) is 13.2. The first-order chi connectivity index (χ1) is 16.0. The molecule has 0 aliphatic heterocycles. The summed E-state index contributed by atoms with van der Waals surface area (Å²) in [6, 6.07) is 21.2. The second kappa shape index (κ2) is 10.2. The summed E-state index contributed by atoms with van der Waals surface area (Å²) in [5, 5.41) is 2.00. The molecule has 33 heavy (non-hydrogen) atoms. The van der Waals surface area contributed by atoms with Crippen molar-refractivity contribution in [2.75, 3.05) is 0 Å². The first-order valence-electron chi connectivity index (χ1n) is 11.4. The number of alkyl halides is 1. The third-order valence-corrected chi connectivity index (χ3v) is 6.22. The van der Waals surface area contributed by atoms with E-state index in [1.54, 1.807) is 12.1 Å². The summed E-state index contributed by atoms with van der Waals surface area (Å²) in [4.78, 5) is 0. The molecule has 0 nitrogen and oxygen atoms in total. The van der Waals surface area contributed by atoms with Crippen LogP contribution in [0.2, 0.25) is 0 Å². The van der Waals surface area contributed by atoms with Crippen LogP contribution in [0.4, 0.5) is 17.6 Å². The summed E-state index contributed by atoms with van der Waals surface area (Å²) in [5.74, 6) is -3.10. The number of hydrogen-bond acceptors (Lipinski definition) is 0. The molecule has 0 aliphatic carbocycles. The fraction of sp³-hybridized carbons (Fsp3) is 0.241. The molecular weight excluding hydrogens is 424 g/mol. The lowest BCUT2D eigenvalue weighted by atomic mass is 9.84. The smallest absolute Gasteiger partial charge is 0.159 e. The van der Waals surface area contributed by atoms with Crippen molar-refractivity contribution in [3.8, 4) is 11.1 Å². The monoisotopic (exact) mass is 450 g/mol. The Balaban J connectivity index is 1.68. The van der Waals surface area contributed by atoms with Crippen molar-refractivity contribution in [2.45, 2.75) is 44.7 Å². The Kier molecular flexibility index (Phi) is 7.12. The third-order valence-electron chi connectivity index (χ3n) is 6.22. The van der Waals surface area contributed by atoms with Gasteiger partial charge in [-0.05, 0) is 58.1 Å². The van der Waals surface area contributed by atoms with Gasteiger partial charge in [0.05, 0.1) is 0 Å². The molecule has 0 saturated carbocycles. The third kappa shape index (κ3) is 5.11. The van der Waals surface area contributed by atoms with Crippen LogP contribution in [0.3, 0.4) is 0 Å². The number of hydrogen-bond donors (Lipinski definition) is 0. The molecule has 0 saturated heterocycles. The van der Waals surface area contributed by atoms with E-state index >= 15 is 8.78 Å². The molecule has 0 radical (unpaired) electrons. The number of halogens is 4. The van der Waals surface area contributed by atoms with E-state index in [1.165, 1.54) is 18.2 Å². The van der Waals surface area contributed by atoms with Gasteiger partial charge in [-0.3, -0.25) is 0 Å². The standard InChI is InChI=1S/C29H26F4/c1-2-3-4-9-25(29(33)23-11-10-19-7-5-6-8-20(19)16-23)22-12-14-24(27(31)17-22)21-13-15-26(30)28(32)18-21/h5-8,10-18,25,29H,2-4,9H2,1H3. The lowest BCUT2D eigenvalue weighted by molar-refractivity contribution is 0.273. The maximum Gasteiger partial charge on any atom is 0.159 e. The Morgan fingerprint density at radius 3 is 2.15 bits per heavy atom. The van der Waals surface area contributed by atoms with Gasteiger partial charge in [0.15, 0.2) is 11.6 Å². The lowest BCUT2D eigenvalue weighted by Crippen LogP contribution is -2.09. The Bertz CT molecular complexity index is 1250. The lowest BCUT2D eigenvalue weighted by Gasteiger charge is -2.23. The molecule has 170 valence electrons. The molecule has 4 heteroatoms. The van der Waals surface area contributed by atoms with E-state index in [2.05, 4.69) is 6.92 Å². The SMILES string of the molecule is CCCCCC(c1ccc(-c2ccc(F)c(F)c2)c(F)c1)C(F)c1ccc2ccccc2c1. The van der Waals surface area contributed by atoms with Crippen molar-refractivity contribution in [1.82, 2.24) is 0 Å². The van der Waals surface area contributed by atoms with E-state index < -0.39 is 29.5 Å². The van der Waals surface area contributed by atoms with Gasteiger partial charge in [0.25, 0.3) is 0 Å². The predicted octanol–water partition coefficient (Wildman–Crippen LogP) is 9.30.